The fourth-order valence-electron chi connectivity index (χ4n) is 5.84. The van der Waals surface area contributed by atoms with Crippen LogP contribution in [0.1, 0.15) is 19.3 Å². The van der Waals surface area contributed by atoms with Crippen molar-refractivity contribution in [2.45, 2.75) is 31.3 Å². The molecule has 2 aromatic heterocycles. The minimum Gasteiger partial charge on any atom is -0.462 e. The average molecular weight is 589 g/mol. The Balaban J connectivity index is 1.48. The van der Waals surface area contributed by atoms with Crippen LogP contribution in [0.15, 0.2) is 36.5 Å². The fourth-order valence-corrected chi connectivity index (χ4v) is 6.12. The smallest absolute Gasteiger partial charge is 0.319 e. The van der Waals surface area contributed by atoms with Crippen LogP contribution in [-0.4, -0.2) is 76.7 Å². The molecule has 214 valence electrons. The summed E-state index contributed by atoms with van der Waals surface area (Å²) in [6.07, 6.45) is 5.85. The molecule has 0 radical (unpaired) electrons. The number of likely N-dealkylation sites (tertiary alicyclic amines) is 1. The lowest BCUT2D eigenvalue weighted by atomic mass is 10.0. The lowest BCUT2D eigenvalue weighted by Crippen LogP contribution is -2.51. The van der Waals surface area contributed by atoms with Gasteiger partial charge in [-0.15, -0.1) is 0 Å². The number of aromatic nitrogens is 3. The predicted molar refractivity (Wildman–Crippen MR) is 155 cm³/mol. The summed E-state index contributed by atoms with van der Waals surface area (Å²) in [5.41, 5.74) is 0.315. The van der Waals surface area contributed by atoms with E-state index in [2.05, 4.69) is 32.1 Å². The number of hydrogen-bond acceptors (Lipinski definition) is 9. The van der Waals surface area contributed by atoms with Gasteiger partial charge in [0.2, 0.25) is 0 Å². The van der Waals surface area contributed by atoms with Crippen molar-refractivity contribution < 1.29 is 13.5 Å². The Morgan fingerprint density at radius 2 is 1.95 bits per heavy atom. The van der Waals surface area contributed by atoms with E-state index in [0.717, 1.165) is 19.4 Å². The molecule has 1 unspecified atom stereocenters. The Morgan fingerprint density at radius 3 is 2.71 bits per heavy atom. The van der Waals surface area contributed by atoms with Gasteiger partial charge in [0.15, 0.2) is 12.0 Å². The van der Waals surface area contributed by atoms with Crippen molar-refractivity contribution in [2.24, 2.45) is 0 Å². The van der Waals surface area contributed by atoms with Gasteiger partial charge in [0.25, 0.3) is 0 Å². The highest BCUT2D eigenvalue weighted by atomic mass is 35.5. The molecule has 2 aliphatic heterocycles. The Labute approximate surface area is 246 Å². The van der Waals surface area contributed by atoms with E-state index in [1.54, 1.807) is 29.2 Å². The molecule has 0 amide bonds. The van der Waals surface area contributed by atoms with Crippen LogP contribution >= 0.6 is 11.6 Å². The van der Waals surface area contributed by atoms with E-state index in [4.69, 9.17) is 16.3 Å². The molecule has 2 aromatic carbocycles. The number of rotatable bonds is 6. The maximum Gasteiger partial charge on any atom is 0.319 e. The van der Waals surface area contributed by atoms with Gasteiger partial charge < -0.3 is 19.4 Å². The van der Waals surface area contributed by atoms with Crippen LogP contribution in [0.2, 0.25) is 5.02 Å². The van der Waals surface area contributed by atoms with E-state index in [9.17, 15) is 14.9 Å². The number of fused-ring (bicyclic) bond motifs is 2. The lowest BCUT2D eigenvalue weighted by Gasteiger charge is -2.38. The highest BCUT2D eigenvalue weighted by molar-refractivity contribution is 6.36. The number of piperazine rings is 1. The number of pyridine rings is 1. The zero-order chi connectivity index (χ0) is 29.4. The Morgan fingerprint density at radius 1 is 1.10 bits per heavy atom. The fraction of sp³-hybridized carbons (Fsp3) is 0.367. The van der Waals surface area contributed by atoms with E-state index in [1.165, 1.54) is 12.3 Å². The van der Waals surface area contributed by atoms with Crippen molar-refractivity contribution >= 4 is 39.1 Å². The molecule has 4 heterocycles. The topological polar surface area (TPSA) is 105 Å². The molecule has 0 saturated carbocycles. The van der Waals surface area contributed by atoms with E-state index in [0.29, 0.717) is 53.8 Å². The number of nitriles is 2. The molecule has 2 aliphatic rings. The highest BCUT2D eigenvalue weighted by Gasteiger charge is 2.30. The van der Waals surface area contributed by atoms with Gasteiger partial charge in [-0.25, -0.2) is 8.78 Å². The summed E-state index contributed by atoms with van der Waals surface area (Å²) in [6.45, 7) is 2.46. The van der Waals surface area contributed by atoms with Gasteiger partial charge in [0.1, 0.15) is 29.5 Å². The first kappa shape index (κ1) is 27.8. The van der Waals surface area contributed by atoms with Gasteiger partial charge in [-0.1, -0.05) is 35.9 Å². The zero-order valence-electron chi connectivity index (χ0n) is 22.9. The van der Waals surface area contributed by atoms with E-state index in [-0.39, 0.29) is 40.7 Å². The Hall–Kier alpha value is -4.32. The summed E-state index contributed by atoms with van der Waals surface area (Å²) in [4.78, 5) is 19.3. The van der Waals surface area contributed by atoms with Gasteiger partial charge in [-0.05, 0) is 37.9 Å². The van der Waals surface area contributed by atoms with Gasteiger partial charge in [0, 0.05) is 42.8 Å². The molecule has 0 N–H and O–H groups in total. The third-order valence-corrected chi connectivity index (χ3v) is 8.52. The summed E-state index contributed by atoms with van der Waals surface area (Å²) >= 11 is 6.35. The third-order valence-electron chi connectivity index (χ3n) is 8.15. The van der Waals surface area contributed by atoms with Crippen LogP contribution < -0.4 is 9.64 Å². The number of anilines is 1. The highest BCUT2D eigenvalue weighted by Crippen LogP contribution is 2.38. The predicted octanol–water partition coefficient (Wildman–Crippen LogP) is 5.13. The maximum atomic E-state index is 16.5. The maximum absolute atomic E-state index is 16.5. The van der Waals surface area contributed by atoms with Gasteiger partial charge in [0.05, 0.1) is 28.9 Å². The van der Waals surface area contributed by atoms with Crippen LogP contribution in [0.4, 0.5) is 14.6 Å². The first-order valence-corrected chi connectivity index (χ1v) is 14.1. The second kappa shape index (κ2) is 11.5. The molecule has 6 rings (SSSR count). The molecular formula is C30H27ClF2N8O. The number of likely N-dealkylation sites (N-methyl/N-ethyl adjacent to an activating group) is 1. The summed E-state index contributed by atoms with van der Waals surface area (Å²) in [5, 5.41) is 20.1. The van der Waals surface area contributed by atoms with E-state index < -0.39 is 11.6 Å². The molecule has 9 nitrogen and oxygen atoms in total. The summed E-state index contributed by atoms with van der Waals surface area (Å²) in [5.74, 6) is -0.912. The van der Waals surface area contributed by atoms with Gasteiger partial charge >= 0.3 is 6.01 Å². The van der Waals surface area contributed by atoms with Crippen LogP contribution in [0.25, 0.3) is 32.9 Å². The molecule has 2 saturated heterocycles. The number of ether oxygens (including phenoxy) is 1. The van der Waals surface area contributed by atoms with Gasteiger partial charge in [-0.3, -0.25) is 4.98 Å². The van der Waals surface area contributed by atoms with Crippen molar-refractivity contribution in [3.63, 3.8) is 0 Å². The summed E-state index contributed by atoms with van der Waals surface area (Å²) in [6, 6.07) is 10.0. The Bertz CT molecular complexity index is 1760. The average Bonchev–Trinajstić information content (AvgIpc) is 3.42. The standard InChI is InChI=1S/C30H27ClF2N8O/c1-39-11-3-5-20(39)16-42-30-37-28-22(29(38-30)40-12-13-41(17-35)19(15-40)9-10-34)14-36-27(26(28)33)21-6-2-4-18-7-8-23(32)25(31)24(18)21/h2,4,6-8,14,19-20H,3,5,9,11-13,15-16H2,1H3/t19-,20?/m0/s1. The molecule has 12 heteroatoms. The minimum absolute atomic E-state index is 0.00357. The van der Waals surface area contributed by atoms with E-state index >= 15 is 4.39 Å². The number of hydrogen-bond donors (Lipinski definition) is 0. The summed E-state index contributed by atoms with van der Waals surface area (Å²) < 4.78 is 37.0. The summed E-state index contributed by atoms with van der Waals surface area (Å²) in [7, 11) is 2.04. The van der Waals surface area contributed by atoms with Crippen LogP contribution in [0.3, 0.4) is 0 Å². The minimum atomic E-state index is -0.712. The monoisotopic (exact) mass is 588 g/mol. The van der Waals surface area contributed by atoms with Crippen molar-refractivity contribution in [3.8, 4) is 29.5 Å². The molecule has 2 atom stereocenters. The molecule has 42 heavy (non-hydrogen) atoms. The largest absolute Gasteiger partial charge is 0.462 e. The van der Waals surface area contributed by atoms with Gasteiger partial charge in [-0.2, -0.15) is 20.5 Å². The van der Waals surface area contributed by atoms with Crippen molar-refractivity contribution in [1.29, 1.82) is 10.5 Å². The van der Waals surface area contributed by atoms with E-state index in [1.807, 2.05) is 11.9 Å². The van der Waals surface area contributed by atoms with Crippen molar-refractivity contribution in [1.82, 2.24) is 24.8 Å². The normalized spacial score (nSPS) is 19.3. The first-order chi connectivity index (χ1) is 20.4. The number of nitrogens with zero attached hydrogens (tertiary/aromatic N) is 8. The molecular weight excluding hydrogens is 562 g/mol. The second-order valence-electron chi connectivity index (χ2n) is 10.6. The first-order valence-electron chi connectivity index (χ1n) is 13.7. The molecule has 4 aromatic rings. The lowest BCUT2D eigenvalue weighted by molar-refractivity contribution is 0.188. The van der Waals surface area contributed by atoms with Crippen LogP contribution in [-0.2, 0) is 0 Å². The number of benzene rings is 2. The second-order valence-corrected chi connectivity index (χ2v) is 11.0. The SMILES string of the molecule is CN1CCCC1COc1nc(N2CCN(C#N)[C@@H](CC#N)C2)c2cnc(-c3cccc4ccc(F)c(Cl)c34)c(F)c2n1. The quantitative estimate of drug-likeness (QED) is 0.283. The number of halogens is 3. The molecule has 0 spiro atoms. The van der Waals surface area contributed by atoms with Crippen LogP contribution in [0.5, 0.6) is 6.01 Å². The Kier molecular flexibility index (Phi) is 7.63. The van der Waals surface area contributed by atoms with Crippen molar-refractivity contribution in [3.05, 3.63) is 53.2 Å². The molecule has 2 fully saturated rings. The molecule has 0 bridgehead atoms. The van der Waals surface area contributed by atoms with Crippen LogP contribution in [0, 0.1) is 34.4 Å². The molecule has 0 aliphatic carbocycles. The zero-order valence-corrected chi connectivity index (χ0v) is 23.7. The third kappa shape index (κ3) is 5.00. The van der Waals surface area contributed by atoms with Crippen molar-refractivity contribution in [2.75, 3.05) is 44.7 Å².